The molecule has 3 rings (SSSR count). The van der Waals surface area contributed by atoms with Crippen LogP contribution in [0.5, 0.6) is 0 Å². The molecule has 2 heterocycles. The zero-order valence-corrected chi connectivity index (χ0v) is 13.6. The zero-order chi connectivity index (χ0) is 15.9. The molecule has 0 bridgehead atoms. The Balaban J connectivity index is 1.88. The molecule has 0 unspecified atom stereocenters. The smallest absolute Gasteiger partial charge is 0.180 e. The second-order valence-electron chi connectivity index (χ2n) is 5.42. The highest BCUT2D eigenvalue weighted by molar-refractivity contribution is 7.91. The van der Waals surface area contributed by atoms with Crippen LogP contribution in [-0.4, -0.2) is 31.2 Å². The minimum Gasteiger partial charge on any atom is -0.462 e. The molecular formula is C15H16ClNO4S. The van der Waals surface area contributed by atoms with Gasteiger partial charge in [-0.05, 0) is 42.9 Å². The van der Waals surface area contributed by atoms with Gasteiger partial charge in [-0.3, -0.25) is 4.90 Å². The number of hydrogen-bond acceptors (Lipinski definition) is 5. The molecule has 118 valence electrons. The van der Waals surface area contributed by atoms with Crippen LogP contribution in [0.3, 0.4) is 0 Å². The van der Waals surface area contributed by atoms with Crippen LogP contribution in [0.25, 0.3) is 0 Å². The Morgan fingerprint density at radius 2 is 2.05 bits per heavy atom. The number of benzene rings is 1. The predicted molar refractivity (Wildman–Crippen MR) is 82.3 cm³/mol. The molecule has 2 aromatic rings. The maximum absolute atomic E-state index is 12.3. The van der Waals surface area contributed by atoms with E-state index in [2.05, 4.69) is 0 Å². The lowest BCUT2D eigenvalue weighted by Gasteiger charge is -2.23. The number of nitrogens with zero attached hydrogens (tertiary/aromatic N) is 1. The van der Waals surface area contributed by atoms with E-state index in [0.29, 0.717) is 28.0 Å². The lowest BCUT2D eigenvalue weighted by Crippen LogP contribution is -2.25. The molecule has 1 aromatic carbocycles. The first kappa shape index (κ1) is 15.6. The topological polar surface area (TPSA) is 70.8 Å². The van der Waals surface area contributed by atoms with Crippen molar-refractivity contribution in [3.63, 3.8) is 0 Å². The van der Waals surface area contributed by atoms with Crippen molar-refractivity contribution in [3.05, 3.63) is 52.4 Å². The van der Waals surface area contributed by atoms with Crippen LogP contribution in [0.1, 0.15) is 23.1 Å². The minimum atomic E-state index is -3.28. The Labute approximate surface area is 134 Å². The van der Waals surface area contributed by atoms with E-state index >= 15 is 0 Å². The summed E-state index contributed by atoms with van der Waals surface area (Å²) in [5, 5.41) is 9.55. The zero-order valence-electron chi connectivity index (χ0n) is 12.0. The number of sulfone groups is 1. The third-order valence-corrected chi connectivity index (χ3v) is 5.89. The summed E-state index contributed by atoms with van der Waals surface area (Å²) in [6, 6.07) is 8.10. The van der Waals surface area contributed by atoms with Gasteiger partial charge in [0, 0.05) is 5.02 Å². The van der Waals surface area contributed by atoms with Crippen molar-refractivity contribution in [1.82, 2.24) is 4.90 Å². The van der Waals surface area contributed by atoms with Crippen LogP contribution in [0, 0.1) is 0 Å². The summed E-state index contributed by atoms with van der Waals surface area (Å²) < 4.78 is 30.0. The molecule has 1 N–H and O–H groups in total. The van der Waals surface area contributed by atoms with Gasteiger partial charge in [-0.1, -0.05) is 11.6 Å². The average Bonchev–Trinajstić information content (AvgIpc) is 3.01. The maximum Gasteiger partial charge on any atom is 0.180 e. The van der Waals surface area contributed by atoms with E-state index in [9.17, 15) is 8.42 Å². The van der Waals surface area contributed by atoms with E-state index in [1.807, 2.05) is 11.9 Å². The summed E-state index contributed by atoms with van der Waals surface area (Å²) in [5.41, 5.74) is 0.726. The van der Waals surface area contributed by atoms with E-state index in [-0.39, 0.29) is 18.4 Å². The summed E-state index contributed by atoms with van der Waals surface area (Å²) in [4.78, 5) is 2.27. The molecule has 0 fully saturated rings. The molecule has 5 nitrogen and oxygen atoms in total. The van der Waals surface area contributed by atoms with Crippen LogP contribution < -0.4 is 0 Å². The Morgan fingerprint density at radius 3 is 2.73 bits per heavy atom. The van der Waals surface area contributed by atoms with Gasteiger partial charge in [-0.2, -0.15) is 0 Å². The van der Waals surface area contributed by atoms with Gasteiger partial charge in [0.1, 0.15) is 18.1 Å². The predicted octanol–water partition coefficient (Wildman–Crippen LogP) is 2.39. The number of halogens is 1. The largest absolute Gasteiger partial charge is 0.462 e. The monoisotopic (exact) mass is 341 g/mol. The van der Waals surface area contributed by atoms with Gasteiger partial charge in [0.05, 0.1) is 23.2 Å². The molecule has 0 saturated heterocycles. The SMILES string of the molecule is CN(Cc1ccc(CO)o1)[C@@H]1CS(=O)(=O)c2ccc(Cl)cc21. The first-order chi connectivity index (χ1) is 10.4. The summed E-state index contributed by atoms with van der Waals surface area (Å²) in [6.07, 6.45) is 0. The van der Waals surface area contributed by atoms with Gasteiger partial charge >= 0.3 is 0 Å². The minimum absolute atomic E-state index is 0.0345. The van der Waals surface area contributed by atoms with Gasteiger partial charge in [-0.15, -0.1) is 0 Å². The van der Waals surface area contributed by atoms with Gasteiger partial charge in [-0.25, -0.2) is 8.42 Å². The average molecular weight is 342 g/mol. The highest BCUT2D eigenvalue weighted by atomic mass is 35.5. The molecule has 1 atom stereocenters. The summed E-state index contributed by atoms with van der Waals surface area (Å²) in [6.45, 7) is 0.298. The van der Waals surface area contributed by atoms with Gasteiger partial charge < -0.3 is 9.52 Å². The van der Waals surface area contributed by atoms with Crippen molar-refractivity contribution in [2.45, 2.75) is 24.1 Å². The quantitative estimate of drug-likeness (QED) is 0.924. The van der Waals surface area contributed by atoms with Gasteiger partial charge in [0.25, 0.3) is 0 Å². The van der Waals surface area contributed by atoms with E-state index in [1.165, 1.54) is 0 Å². The number of rotatable bonds is 4. The van der Waals surface area contributed by atoms with E-state index in [0.717, 1.165) is 5.56 Å². The van der Waals surface area contributed by atoms with Crippen LogP contribution >= 0.6 is 11.6 Å². The third-order valence-electron chi connectivity index (χ3n) is 3.85. The van der Waals surface area contributed by atoms with Crippen molar-refractivity contribution in [3.8, 4) is 0 Å². The fourth-order valence-electron chi connectivity index (χ4n) is 2.76. The lowest BCUT2D eigenvalue weighted by atomic mass is 10.1. The molecule has 0 amide bonds. The van der Waals surface area contributed by atoms with E-state index in [4.69, 9.17) is 21.1 Å². The molecule has 0 spiro atoms. The fourth-order valence-corrected chi connectivity index (χ4v) is 4.80. The molecule has 1 aromatic heterocycles. The Kier molecular flexibility index (Phi) is 4.03. The van der Waals surface area contributed by atoms with Crippen LogP contribution in [0.2, 0.25) is 5.02 Å². The standard InChI is InChI=1S/C15H16ClNO4S/c1-17(7-11-3-4-12(8-18)21-11)14-9-22(19,20)15-5-2-10(16)6-13(14)15/h2-6,14,18H,7-9H2,1H3/t14-/m1/s1. The molecule has 1 aliphatic rings. The third kappa shape index (κ3) is 2.79. The Bertz CT molecular complexity index is 800. The molecular weight excluding hydrogens is 326 g/mol. The number of hydrogen-bond donors (Lipinski definition) is 1. The van der Waals surface area contributed by atoms with Crippen LogP contribution in [0.4, 0.5) is 0 Å². The first-order valence-electron chi connectivity index (χ1n) is 6.81. The number of furan rings is 1. The summed E-state index contributed by atoms with van der Waals surface area (Å²) in [5.74, 6) is 1.21. The summed E-state index contributed by atoms with van der Waals surface area (Å²) >= 11 is 6.01. The number of fused-ring (bicyclic) bond motifs is 1. The van der Waals surface area contributed by atoms with Crippen molar-refractivity contribution in [2.75, 3.05) is 12.8 Å². The van der Waals surface area contributed by atoms with Gasteiger partial charge in [0.2, 0.25) is 0 Å². The molecule has 7 heteroatoms. The number of aliphatic hydroxyl groups is 1. The van der Waals surface area contributed by atoms with Crippen molar-refractivity contribution >= 4 is 21.4 Å². The molecule has 0 aliphatic carbocycles. The van der Waals surface area contributed by atoms with E-state index in [1.54, 1.807) is 30.3 Å². The molecule has 0 saturated carbocycles. The normalized spacial score (nSPS) is 19.5. The van der Waals surface area contributed by atoms with E-state index < -0.39 is 9.84 Å². The van der Waals surface area contributed by atoms with Crippen LogP contribution in [0.15, 0.2) is 39.6 Å². The van der Waals surface area contributed by atoms with Crippen molar-refractivity contribution in [2.24, 2.45) is 0 Å². The highest BCUT2D eigenvalue weighted by Crippen LogP contribution is 2.38. The van der Waals surface area contributed by atoms with Crippen molar-refractivity contribution < 1.29 is 17.9 Å². The second-order valence-corrected chi connectivity index (χ2v) is 7.86. The lowest BCUT2D eigenvalue weighted by molar-refractivity contribution is 0.214. The summed E-state index contributed by atoms with van der Waals surface area (Å²) in [7, 11) is -1.43. The molecule has 0 radical (unpaired) electrons. The molecule has 1 aliphatic heterocycles. The fraction of sp³-hybridized carbons (Fsp3) is 0.333. The van der Waals surface area contributed by atoms with Gasteiger partial charge in [0.15, 0.2) is 9.84 Å². The Morgan fingerprint density at radius 1 is 1.32 bits per heavy atom. The first-order valence-corrected chi connectivity index (χ1v) is 8.84. The van der Waals surface area contributed by atoms with Crippen molar-refractivity contribution in [1.29, 1.82) is 0 Å². The highest BCUT2D eigenvalue weighted by Gasteiger charge is 2.37. The molecule has 22 heavy (non-hydrogen) atoms. The Hall–Kier alpha value is -1.34. The van der Waals surface area contributed by atoms with Crippen LogP contribution in [-0.2, 0) is 23.0 Å². The second kappa shape index (κ2) is 5.70. The maximum atomic E-state index is 12.3. The number of aliphatic hydroxyl groups excluding tert-OH is 1.